The summed E-state index contributed by atoms with van der Waals surface area (Å²) >= 11 is 0. The second-order valence-electron chi connectivity index (χ2n) is 6.02. The standard InChI is InChI=1S/C17H21FN2O2/c18-15-8-13-2-1-5-20-16(13)14(9-15)10-19-11-17(3-6-21)4-7-22-12-17/h1-2,5,8-9,19,21H,3-4,6-7,10-12H2. The monoisotopic (exact) mass is 304 g/mol. The van der Waals surface area contributed by atoms with Crippen molar-refractivity contribution in [3.05, 3.63) is 41.8 Å². The van der Waals surface area contributed by atoms with Gasteiger partial charge >= 0.3 is 0 Å². The van der Waals surface area contributed by atoms with Crippen molar-refractivity contribution in [1.82, 2.24) is 10.3 Å². The predicted octanol–water partition coefficient (Wildman–Crippen LogP) is 2.25. The second-order valence-corrected chi connectivity index (χ2v) is 6.02. The van der Waals surface area contributed by atoms with Gasteiger partial charge in [0, 0.05) is 43.3 Å². The third kappa shape index (κ3) is 3.27. The van der Waals surface area contributed by atoms with Gasteiger partial charge in [-0.3, -0.25) is 4.98 Å². The Morgan fingerprint density at radius 2 is 2.32 bits per heavy atom. The Labute approximate surface area is 129 Å². The summed E-state index contributed by atoms with van der Waals surface area (Å²) in [5.41, 5.74) is 1.68. The van der Waals surface area contributed by atoms with E-state index in [-0.39, 0.29) is 17.8 Å². The molecule has 1 aromatic carbocycles. The van der Waals surface area contributed by atoms with E-state index in [1.807, 2.05) is 12.1 Å². The molecule has 1 aromatic heterocycles. The number of hydrogen-bond donors (Lipinski definition) is 2. The predicted molar refractivity (Wildman–Crippen MR) is 83.0 cm³/mol. The summed E-state index contributed by atoms with van der Waals surface area (Å²) in [6.45, 7) is 2.88. The number of pyridine rings is 1. The molecule has 3 rings (SSSR count). The highest BCUT2D eigenvalue weighted by atomic mass is 19.1. The Morgan fingerprint density at radius 3 is 3.09 bits per heavy atom. The average Bonchev–Trinajstić information content (AvgIpc) is 2.96. The molecule has 2 N–H and O–H groups in total. The van der Waals surface area contributed by atoms with Crippen molar-refractivity contribution in [3.63, 3.8) is 0 Å². The summed E-state index contributed by atoms with van der Waals surface area (Å²) in [5.74, 6) is -0.244. The molecule has 1 atom stereocenters. The average molecular weight is 304 g/mol. The molecular weight excluding hydrogens is 283 g/mol. The number of aromatic nitrogens is 1. The minimum absolute atomic E-state index is 0.00862. The fraction of sp³-hybridized carbons (Fsp3) is 0.471. The lowest BCUT2D eigenvalue weighted by molar-refractivity contribution is 0.124. The quantitative estimate of drug-likeness (QED) is 0.859. The van der Waals surface area contributed by atoms with Crippen LogP contribution >= 0.6 is 0 Å². The number of hydrogen-bond acceptors (Lipinski definition) is 4. The molecule has 2 aromatic rings. The molecule has 1 aliphatic rings. The van der Waals surface area contributed by atoms with Crippen LogP contribution < -0.4 is 5.32 Å². The summed E-state index contributed by atoms with van der Waals surface area (Å²) in [6.07, 6.45) is 3.40. The van der Waals surface area contributed by atoms with Gasteiger partial charge in [-0.2, -0.15) is 0 Å². The first-order valence-electron chi connectivity index (χ1n) is 7.65. The van der Waals surface area contributed by atoms with E-state index in [0.717, 1.165) is 42.5 Å². The van der Waals surface area contributed by atoms with Gasteiger partial charge in [0.05, 0.1) is 12.1 Å². The van der Waals surface area contributed by atoms with Gasteiger partial charge in [-0.05, 0) is 36.6 Å². The number of aliphatic hydroxyl groups is 1. The summed E-state index contributed by atoms with van der Waals surface area (Å²) in [4.78, 5) is 4.35. The van der Waals surface area contributed by atoms with E-state index in [1.165, 1.54) is 12.1 Å². The molecular formula is C17H21FN2O2. The smallest absolute Gasteiger partial charge is 0.124 e. The van der Waals surface area contributed by atoms with Crippen LogP contribution in [0.2, 0.25) is 0 Å². The summed E-state index contributed by atoms with van der Waals surface area (Å²) in [6, 6.07) is 6.72. The molecule has 0 saturated carbocycles. The van der Waals surface area contributed by atoms with Gasteiger partial charge in [0.1, 0.15) is 5.82 Å². The van der Waals surface area contributed by atoms with Gasteiger partial charge in [-0.25, -0.2) is 4.39 Å². The molecule has 4 nitrogen and oxygen atoms in total. The lowest BCUT2D eigenvalue weighted by Gasteiger charge is -2.27. The second kappa shape index (κ2) is 6.69. The fourth-order valence-corrected chi connectivity index (χ4v) is 3.14. The normalized spacial score (nSPS) is 21.5. The lowest BCUT2D eigenvalue weighted by atomic mass is 9.84. The minimum atomic E-state index is -0.244. The molecule has 1 saturated heterocycles. The van der Waals surface area contributed by atoms with E-state index in [4.69, 9.17) is 4.74 Å². The van der Waals surface area contributed by atoms with Crippen molar-refractivity contribution < 1.29 is 14.2 Å². The number of rotatable bonds is 6. The molecule has 2 heterocycles. The van der Waals surface area contributed by atoms with Crippen molar-refractivity contribution in [3.8, 4) is 0 Å². The van der Waals surface area contributed by atoms with E-state index >= 15 is 0 Å². The maximum Gasteiger partial charge on any atom is 0.124 e. The van der Waals surface area contributed by atoms with Crippen LogP contribution in [0.25, 0.3) is 10.9 Å². The van der Waals surface area contributed by atoms with Crippen molar-refractivity contribution in [2.45, 2.75) is 19.4 Å². The van der Waals surface area contributed by atoms with Crippen LogP contribution in [-0.2, 0) is 11.3 Å². The van der Waals surface area contributed by atoms with Gasteiger partial charge in [0.25, 0.3) is 0 Å². The molecule has 1 unspecified atom stereocenters. The number of benzene rings is 1. The molecule has 0 aliphatic carbocycles. The topological polar surface area (TPSA) is 54.4 Å². The SMILES string of the molecule is OCCC1(CNCc2cc(F)cc3cccnc23)CCOC1. The van der Waals surface area contributed by atoms with Crippen molar-refractivity contribution >= 4 is 10.9 Å². The maximum absolute atomic E-state index is 13.7. The first kappa shape index (κ1) is 15.3. The molecule has 1 fully saturated rings. The van der Waals surface area contributed by atoms with Crippen LogP contribution in [0.4, 0.5) is 4.39 Å². The van der Waals surface area contributed by atoms with E-state index in [9.17, 15) is 9.50 Å². The number of aliphatic hydroxyl groups excluding tert-OH is 1. The Balaban J connectivity index is 1.71. The van der Waals surface area contributed by atoms with Crippen LogP contribution in [0.3, 0.4) is 0 Å². The zero-order valence-corrected chi connectivity index (χ0v) is 12.5. The Bertz CT molecular complexity index is 642. The first-order valence-corrected chi connectivity index (χ1v) is 7.65. The van der Waals surface area contributed by atoms with Crippen molar-refractivity contribution in [1.29, 1.82) is 0 Å². The molecule has 0 spiro atoms. The van der Waals surface area contributed by atoms with Gasteiger partial charge in [-0.15, -0.1) is 0 Å². The van der Waals surface area contributed by atoms with Gasteiger partial charge in [0.2, 0.25) is 0 Å². The lowest BCUT2D eigenvalue weighted by Crippen LogP contribution is -2.35. The number of halogens is 1. The molecule has 118 valence electrons. The highest BCUT2D eigenvalue weighted by Gasteiger charge is 2.33. The van der Waals surface area contributed by atoms with Crippen LogP contribution in [0, 0.1) is 11.2 Å². The highest BCUT2D eigenvalue weighted by Crippen LogP contribution is 2.31. The van der Waals surface area contributed by atoms with E-state index in [0.29, 0.717) is 13.2 Å². The fourth-order valence-electron chi connectivity index (χ4n) is 3.14. The van der Waals surface area contributed by atoms with E-state index in [1.54, 1.807) is 6.20 Å². The Morgan fingerprint density at radius 1 is 1.41 bits per heavy atom. The molecule has 0 bridgehead atoms. The minimum Gasteiger partial charge on any atom is -0.396 e. The molecule has 5 heteroatoms. The largest absolute Gasteiger partial charge is 0.396 e. The maximum atomic E-state index is 13.7. The molecule has 22 heavy (non-hydrogen) atoms. The third-order valence-corrected chi connectivity index (χ3v) is 4.39. The first-order chi connectivity index (χ1) is 10.7. The van der Waals surface area contributed by atoms with Gasteiger partial charge < -0.3 is 15.2 Å². The molecule has 1 aliphatic heterocycles. The van der Waals surface area contributed by atoms with Gasteiger partial charge in [-0.1, -0.05) is 6.07 Å². The number of fused-ring (bicyclic) bond motifs is 1. The Hall–Kier alpha value is -1.56. The summed E-state index contributed by atoms with van der Waals surface area (Å²) < 4.78 is 19.2. The number of nitrogens with one attached hydrogen (secondary N) is 1. The van der Waals surface area contributed by atoms with Crippen LogP contribution in [0.5, 0.6) is 0 Å². The molecule has 0 amide bonds. The summed E-state index contributed by atoms with van der Waals surface area (Å²) in [5, 5.41) is 13.4. The Kier molecular flexibility index (Phi) is 4.66. The summed E-state index contributed by atoms with van der Waals surface area (Å²) in [7, 11) is 0. The van der Waals surface area contributed by atoms with Crippen molar-refractivity contribution in [2.24, 2.45) is 5.41 Å². The molecule has 0 radical (unpaired) electrons. The third-order valence-electron chi connectivity index (χ3n) is 4.39. The zero-order chi connectivity index (χ0) is 15.4. The number of ether oxygens (including phenoxy) is 1. The number of nitrogens with zero attached hydrogens (tertiary/aromatic N) is 1. The van der Waals surface area contributed by atoms with Crippen molar-refractivity contribution in [2.75, 3.05) is 26.4 Å². The zero-order valence-electron chi connectivity index (χ0n) is 12.5. The highest BCUT2D eigenvalue weighted by molar-refractivity contribution is 5.81. The van der Waals surface area contributed by atoms with Crippen LogP contribution in [0.15, 0.2) is 30.5 Å². The van der Waals surface area contributed by atoms with E-state index in [2.05, 4.69) is 10.3 Å². The van der Waals surface area contributed by atoms with Gasteiger partial charge in [0.15, 0.2) is 0 Å². The van der Waals surface area contributed by atoms with E-state index < -0.39 is 0 Å². The van der Waals surface area contributed by atoms with Crippen LogP contribution in [0.1, 0.15) is 18.4 Å². The van der Waals surface area contributed by atoms with Crippen LogP contribution in [-0.4, -0.2) is 36.5 Å².